The molecule has 1 aliphatic heterocycles. The Labute approximate surface area is 508 Å². The Morgan fingerprint density at radius 2 is 0.871 bits per heavy atom. The summed E-state index contributed by atoms with van der Waals surface area (Å²) in [6.45, 7) is 29.3. The Morgan fingerprint density at radius 3 is 1.32 bits per heavy atom. The topological polar surface area (TPSA) is 279 Å². The van der Waals surface area contributed by atoms with Crippen LogP contribution in [0.25, 0.3) is 0 Å². The molecule has 11 amide bonds. The molecule has 0 unspecified atom stereocenters. The molecule has 0 aromatic carbocycles. The molecular formula is C62H111N11O12. The third-order valence-electron chi connectivity index (χ3n) is 16.1. The molecule has 1 aliphatic rings. The number of rotatable bonds is 15. The van der Waals surface area contributed by atoms with E-state index < -0.39 is 156 Å². The van der Waals surface area contributed by atoms with E-state index in [2.05, 4.69) is 21.3 Å². The molecule has 0 radical (unpaired) electrons. The summed E-state index contributed by atoms with van der Waals surface area (Å²) < 4.78 is 0. The van der Waals surface area contributed by atoms with Gasteiger partial charge in [-0.05, 0) is 101 Å². The lowest BCUT2D eigenvalue weighted by Gasteiger charge is -2.41. The number of nitrogens with one attached hydrogen (secondary N) is 4. The highest BCUT2D eigenvalue weighted by atomic mass is 16.3. The fourth-order valence-electron chi connectivity index (χ4n) is 10.7. The molecule has 23 nitrogen and oxygen atoms in total. The summed E-state index contributed by atoms with van der Waals surface area (Å²) in [5.41, 5.74) is 0. The highest BCUT2D eigenvalue weighted by Gasteiger charge is 2.45. The normalized spacial score (nSPS) is 26.9. The largest absolute Gasteiger partial charge is 0.390 e. The van der Waals surface area contributed by atoms with Gasteiger partial charge in [0, 0.05) is 49.3 Å². The molecule has 0 aliphatic carbocycles. The van der Waals surface area contributed by atoms with Crippen LogP contribution in [0.2, 0.25) is 0 Å². The third-order valence-corrected chi connectivity index (χ3v) is 16.1. The summed E-state index contributed by atoms with van der Waals surface area (Å²) in [6.07, 6.45) is 3.04. The van der Waals surface area contributed by atoms with Crippen LogP contribution in [0.15, 0.2) is 12.2 Å². The second kappa shape index (κ2) is 34.9. The van der Waals surface area contributed by atoms with E-state index >= 15 is 9.59 Å². The first kappa shape index (κ1) is 76.9. The van der Waals surface area contributed by atoms with Gasteiger partial charge in [0.1, 0.15) is 60.4 Å². The van der Waals surface area contributed by atoms with Crippen LogP contribution in [0, 0.1) is 41.4 Å². The van der Waals surface area contributed by atoms with Crippen LogP contribution in [-0.2, 0) is 52.7 Å². The lowest BCUT2D eigenvalue weighted by Crippen LogP contribution is -2.63. The maximum absolute atomic E-state index is 15.1. The zero-order valence-corrected chi connectivity index (χ0v) is 56.1. The van der Waals surface area contributed by atoms with E-state index in [-0.39, 0.29) is 55.8 Å². The van der Waals surface area contributed by atoms with Crippen LogP contribution < -0.4 is 21.3 Å². The number of aliphatic hydroxyl groups is 1. The summed E-state index contributed by atoms with van der Waals surface area (Å²) in [4.78, 5) is 169. The second-order valence-corrected chi connectivity index (χ2v) is 26.1. The van der Waals surface area contributed by atoms with Crippen molar-refractivity contribution in [3.63, 3.8) is 0 Å². The van der Waals surface area contributed by atoms with Gasteiger partial charge in [-0.3, -0.25) is 52.7 Å². The lowest BCUT2D eigenvalue weighted by atomic mass is 9.91. The predicted octanol–water partition coefficient (Wildman–Crippen LogP) is 3.27. The molecule has 1 saturated heterocycles. The number of hydrogen-bond acceptors (Lipinski definition) is 12. The Bertz CT molecular complexity index is 2330. The highest BCUT2D eigenvalue weighted by Crippen LogP contribution is 2.26. The van der Waals surface area contributed by atoms with Crippen LogP contribution in [0.4, 0.5) is 0 Å². The molecule has 1 heterocycles. The smallest absolute Gasteiger partial charge is 0.246 e. The van der Waals surface area contributed by atoms with Crippen LogP contribution in [0.3, 0.4) is 0 Å². The van der Waals surface area contributed by atoms with Gasteiger partial charge in [0.2, 0.25) is 65.0 Å². The maximum Gasteiger partial charge on any atom is 0.246 e. The van der Waals surface area contributed by atoms with Crippen molar-refractivity contribution >= 4 is 65.0 Å². The van der Waals surface area contributed by atoms with Crippen LogP contribution in [0.5, 0.6) is 0 Å². The summed E-state index contributed by atoms with van der Waals surface area (Å²) >= 11 is 0. The fourth-order valence-corrected chi connectivity index (χ4v) is 10.7. The number of likely N-dealkylation sites (N-methyl/N-ethyl adjacent to an activating group) is 7. The molecule has 0 aromatic rings. The molecule has 1 rings (SSSR count). The second-order valence-electron chi connectivity index (χ2n) is 26.1. The van der Waals surface area contributed by atoms with Gasteiger partial charge >= 0.3 is 0 Å². The van der Waals surface area contributed by atoms with Crippen molar-refractivity contribution < 1.29 is 57.8 Å². The first-order chi connectivity index (χ1) is 39.2. The molecule has 0 bridgehead atoms. The zero-order chi connectivity index (χ0) is 66.0. The lowest BCUT2D eigenvalue weighted by molar-refractivity contribution is -0.157. The Kier molecular flexibility index (Phi) is 31.5. The van der Waals surface area contributed by atoms with Gasteiger partial charge in [-0.15, -0.1) is 0 Å². The van der Waals surface area contributed by atoms with E-state index in [9.17, 15) is 48.3 Å². The number of nitrogens with zero attached hydrogens (tertiary/aromatic N) is 7. The van der Waals surface area contributed by atoms with Crippen molar-refractivity contribution in [1.82, 2.24) is 55.6 Å². The molecule has 85 heavy (non-hydrogen) atoms. The van der Waals surface area contributed by atoms with E-state index in [1.807, 2.05) is 61.5 Å². The predicted molar refractivity (Wildman–Crippen MR) is 328 cm³/mol. The average molecular weight is 1200 g/mol. The van der Waals surface area contributed by atoms with Crippen molar-refractivity contribution in [2.75, 3.05) is 55.9 Å². The SMILES string of the molecule is C/C=C/C[C@@H](C)[C@@H](O)[C@H]1C(=O)N[C@@H](CC)C(=O)N(C)CC(=O)N(C)[C@@H](CC(C)C)C(=O)N[C@@H](C(C)C)C(=O)N(C)[C@H](CC(C)C)C(=O)N[C@H](C)C(=O)N[C@H](C)C(=O)N(C)[C@H](CC(C)C)C(=O)N(C)[C@H](CC(C)C)C(=O)N(C)[C@H](C(C)C)C(=O)N1C. The summed E-state index contributed by atoms with van der Waals surface area (Å²) in [5.74, 6) is -9.71. The van der Waals surface area contributed by atoms with Crippen molar-refractivity contribution in [1.29, 1.82) is 0 Å². The molecule has 0 spiro atoms. The fraction of sp³-hybridized carbons (Fsp3) is 0.790. The molecular weight excluding hydrogens is 1090 g/mol. The molecule has 1 fully saturated rings. The van der Waals surface area contributed by atoms with Gasteiger partial charge in [-0.2, -0.15) is 0 Å². The standard InChI is InChI=1S/C62H111N11O12/c1-25-27-28-40(15)52(75)51-56(79)65-43(26-2)58(81)67(18)33-48(74)68(19)44(29-34(3)4)55(78)66-49(38(11)12)61(84)69(20)45(30-35(5)6)54(77)63-41(16)53(76)64-42(17)57(80)70(21)46(31-36(7)8)59(82)71(22)47(32-37(9)10)60(83)72(23)50(39(13)14)62(85)73(51)24/h25,27,34-47,49-52,75H,26,28-33H2,1-24H3,(H,63,77)(H,64,76)(H,65,79)(H,66,78)/b27-25+/t40-,41-,42-,43+,44+,45-,46-,47-,49+,50-,51+,52-/m1/s1. The molecule has 0 saturated carbocycles. The Balaban J connectivity index is 4.32. The molecule has 5 N–H and O–H groups in total. The molecule has 486 valence electrons. The molecule has 12 atom stereocenters. The minimum Gasteiger partial charge on any atom is -0.390 e. The van der Waals surface area contributed by atoms with Gasteiger partial charge in [0.05, 0.1) is 12.6 Å². The quantitative estimate of drug-likeness (QED) is 0.148. The van der Waals surface area contributed by atoms with Crippen molar-refractivity contribution in [3.8, 4) is 0 Å². The number of aliphatic hydroxyl groups excluding tert-OH is 1. The van der Waals surface area contributed by atoms with E-state index in [0.29, 0.717) is 6.42 Å². The van der Waals surface area contributed by atoms with Gasteiger partial charge in [0.25, 0.3) is 0 Å². The Morgan fingerprint density at radius 1 is 0.459 bits per heavy atom. The first-order valence-corrected chi connectivity index (χ1v) is 30.6. The van der Waals surface area contributed by atoms with Crippen LogP contribution >= 0.6 is 0 Å². The number of hydrogen-bond donors (Lipinski definition) is 5. The van der Waals surface area contributed by atoms with E-state index in [0.717, 1.165) is 9.80 Å². The van der Waals surface area contributed by atoms with E-state index in [1.54, 1.807) is 54.5 Å². The van der Waals surface area contributed by atoms with E-state index in [4.69, 9.17) is 0 Å². The summed E-state index contributed by atoms with van der Waals surface area (Å²) in [6, 6.07) is -12.3. The van der Waals surface area contributed by atoms with E-state index in [1.165, 1.54) is 87.7 Å². The number of amides is 11. The molecule has 0 aromatic heterocycles. The minimum atomic E-state index is -1.61. The van der Waals surface area contributed by atoms with Gasteiger partial charge in [-0.1, -0.05) is 109 Å². The van der Waals surface area contributed by atoms with Gasteiger partial charge in [-0.25, -0.2) is 0 Å². The van der Waals surface area contributed by atoms with Crippen LogP contribution in [0.1, 0.15) is 156 Å². The van der Waals surface area contributed by atoms with Crippen molar-refractivity contribution in [2.24, 2.45) is 41.4 Å². The van der Waals surface area contributed by atoms with Crippen LogP contribution in [-0.4, -0.2) is 227 Å². The molecule has 23 heteroatoms. The van der Waals surface area contributed by atoms with Gasteiger partial charge < -0.3 is 60.7 Å². The number of allylic oxidation sites excluding steroid dienone is 2. The minimum absolute atomic E-state index is 0.0229. The number of carbonyl (C=O) groups excluding carboxylic acids is 11. The summed E-state index contributed by atoms with van der Waals surface area (Å²) in [5, 5.41) is 23.1. The zero-order valence-electron chi connectivity index (χ0n) is 56.1. The maximum atomic E-state index is 15.1. The first-order valence-electron chi connectivity index (χ1n) is 30.6. The summed E-state index contributed by atoms with van der Waals surface area (Å²) in [7, 11) is 9.92. The Hall–Kier alpha value is -6.13. The highest BCUT2D eigenvalue weighted by molar-refractivity contribution is 5.99. The monoisotopic (exact) mass is 1200 g/mol. The number of carbonyl (C=O) groups is 11. The van der Waals surface area contributed by atoms with Gasteiger partial charge in [0.15, 0.2) is 0 Å². The van der Waals surface area contributed by atoms with Crippen molar-refractivity contribution in [2.45, 2.75) is 223 Å². The third kappa shape index (κ3) is 21.7. The van der Waals surface area contributed by atoms with Crippen molar-refractivity contribution in [3.05, 3.63) is 12.2 Å². The average Bonchev–Trinajstić information content (AvgIpc) is 3.62.